The van der Waals surface area contributed by atoms with Gasteiger partial charge in [-0.05, 0) is 116 Å². The number of hydrogen-bond acceptors (Lipinski definition) is 17. The fraction of sp³-hybridized carbons (Fsp3) is 0.438. The molecule has 1 fully saturated rings. The molecule has 0 radical (unpaired) electrons. The van der Waals surface area contributed by atoms with E-state index in [4.69, 9.17) is 28.4 Å². The minimum absolute atomic E-state index is 0.0473. The van der Waals surface area contributed by atoms with E-state index in [1.807, 2.05) is 67.1 Å². The van der Waals surface area contributed by atoms with E-state index in [0.717, 1.165) is 17.0 Å². The van der Waals surface area contributed by atoms with Crippen LogP contribution < -0.4 is 20.7 Å². The number of aliphatic carboxylic acids is 1. The van der Waals surface area contributed by atoms with Gasteiger partial charge in [0.2, 0.25) is 11.8 Å². The average Bonchev–Trinajstić information content (AvgIpc) is 1.81. The van der Waals surface area contributed by atoms with Crippen molar-refractivity contribution in [3.8, 4) is 28.1 Å². The van der Waals surface area contributed by atoms with Crippen LogP contribution in [0, 0.1) is 5.82 Å². The van der Waals surface area contributed by atoms with E-state index in [0.29, 0.717) is 149 Å². The van der Waals surface area contributed by atoms with Crippen molar-refractivity contribution >= 4 is 46.9 Å². The van der Waals surface area contributed by atoms with Crippen molar-refractivity contribution in [3.63, 3.8) is 0 Å². The summed E-state index contributed by atoms with van der Waals surface area (Å²) in [4.78, 5) is 77.2. The second kappa shape index (κ2) is 33.2. The fourth-order valence-corrected chi connectivity index (χ4v) is 10.6. The molecule has 8 rings (SSSR count). The topological polar surface area (TPSA) is 293 Å². The SMILES string of the molecule is CC(C)c1c(C(=O)Nc2ccccc2)c(-c2cccc(OCCCCc3cn(CCOCCOCCOCCOCCOCCNc4cccc5c4C(=O)N(C4CCC(=O)NC4=O)C5=O)nn3)c2)c(-c2ccc(F)cc2)n1CC[C@@H](O)C[C@@H](O)CC(=O)O. The second-order valence-corrected chi connectivity index (χ2v) is 21.5. The maximum atomic E-state index is 14.7. The van der Waals surface area contributed by atoms with Gasteiger partial charge < -0.3 is 58.9 Å². The molecule has 23 nitrogen and oxygen atoms in total. The van der Waals surface area contributed by atoms with E-state index >= 15 is 0 Å². The molecule has 0 saturated carbocycles. The molecule has 5 amide bonds. The average molecular weight is 1220 g/mol. The van der Waals surface area contributed by atoms with Crippen molar-refractivity contribution in [1.29, 1.82) is 0 Å². The first-order valence-corrected chi connectivity index (χ1v) is 29.7. The number of fused-ring (bicyclic) bond motifs is 1. The van der Waals surface area contributed by atoms with Crippen molar-refractivity contribution in [2.75, 3.05) is 89.9 Å². The summed E-state index contributed by atoms with van der Waals surface area (Å²) in [7, 11) is 0. The summed E-state index contributed by atoms with van der Waals surface area (Å²) in [5.41, 5.74) is 5.87. The van der Waals surface area contributed by atoms with Crippen LogP contribution in [-0.4, -0.2) is 173 Å². The number of unbranched alkanes of at least 4 members (excludes halogenated alkanes) is 1. The molecular formula is C64H77FN8O15. The van der Waals surface area contributed by atoms with Gasteiger partial charge in [0.1, 0.15) is 17.6 Å². The molecule has 0 spiro atoms. The number of carboxylic acid groups (broad SMARTS) is 1. The van der Waals surface area contributed by atoms with Crippen molar-refractivity contribution in [3.05, 3.63) is 137 Å². The van der Waals surface area contributed by atoms with E-state index < -0.39 is 60.1 Å². The standard InChI is InChI=1S/C64H77FN8O15/c1-42(2)59-58(62(80)67-46-11-4-3-5-12-46)56(60(43-17-19-45(65)20-18-43)72(59)25-23-48(74)39-49(75)40-55(77)78)44-10-8-14-50(38-44)88-27-7-6-13-47-41-71(70-69-47)26-29-84-31-33-86-35-37-87-36-34-85-32-30-83-28-24-66-52-16-9-15-51-57(52)64(82)73(63(51)81)53-21-22-54(76)68-61(53)79/h3-5,8-12,14-20,38,41-42,48-49,53,66,74-75H,6-7,13,21-37,39-40H2,1-2H3,(H,67,80)(H,77,78)(H,68,76,79)/t48-,49-,53?/m1/s1. The molecule has 6 aromatic rings. The van der Waals surface area contributed by atoms with Gasteiger partial charge in [-0.2, -0.15) is 0 Å². The van der Waals surface area contributed by atoms with Crippen LogP contribution >= 0.6 is 0 Å². The summed E-state index contributed by atoms with van der Waals surface area (Å²) in [6.07, 6.45) is 1.39. The number of piperidine rings is 1. The summed E-state index contributed by atoms with van der Waals surface area (Å²) in [5.74, 6) is -3.84. The number of para-hydroxylation sites is 1. The van der Waals surface area contributed by atoms with Crippen LogP contribution in [0.5, 0.6) is 5.75 Å². The summed E-state index contributed by atoms with van der Waals surface area (Å²) < 4.78 is 52.7. The van der Waals surface area contributed by atoms with Gasteiger partial charge in [0.25, 0.3) is 17.7 Å². The molecule has 4 heterocycles. The van der Waals surface area contributed by atoms with Crippen LogP contribution in [0.15, 0.2) is 103 Å². The lowest BCUT2D eigenvalue weighted by atomic mass is 9.94. The van der Waals surface area contributed by atoms with Gasteiger partial charge in [0.15, 0.2) is 0 Å². The van der Waals surface area contributed by atoms with Crippen LogP contribution in [0.3, 0.4) is 0 Å². The lowest BCUT2D eigenvalue weighted by Crippen LogP contribution is -2.54. The normalized spacial score (nSPS) is 14.8. The van der Waals surface area contributed by atoms with Crippen molar-refractivity contribution in [2.45, 2.75) is 102 Å². The number of hydrogen-bond donors (Lipinski definition) is 6. The largest absolute Gasteiger partial charge is 0.494 e. The van der Waals surface area contributed by atoms with Gasteiger partial charge in [-0.25, -0.2) is 9.07 Å². The number of aromatic nitrogens is 4. The number of halogens is 1. The quantitative estimate of drug-likeness (QED) is 0.0170. The Balaban J connectivity index is 0.706. The Morgan fingerprint density at radius 3 is 2.10 bits per heavy atom. The molecule has 1 saturated heterocycles. The number of aliphatic hydroxyl groups is 2. The van der Waals surface area contributed by atoms with Crippen LogP contribution in [0.1, 0.15) is 107 Å². The number of carbonyl (C=O) groups is 6. The number of benzene rings is 4. The van der Waals surface area contributed by atoms with Gasteiger partial charge in [0.05, 0.1) is 126 Å². The van der Waals surface area contributed by atoms with Gasteiger partial charge >= 0.3 is 5.97 Å². The molecule has 470 valence electrons. The number of imide groups is 2. The number of rotatable bonds is 38. The Bertz CT molecular complexity index is 3300. The highest BCUT2D eigenvalue weighted by Gasteiger charge is 2.45. The number of carbonyl (C=O) groups excluding carboxylic acids is 5. The molecule has 4 aromatic carbocycles. The second-order valence-electron chi connectivity index (χ2n) is 21.5. The zero-order chi connectivity index (χ0) is 62.4. The maximum absolute atomic E-state index is 14.7. The number of nitrogens with zero attached hydrogens (tertiary/aromatic N) is 5. The monoisotopic (exact) mass is 1220 g/mol. The number of anilines is 2. The number of aryl methyl sites for hydroxylation is 1. The highest BCUT2D eigenvalue weighted by molar-refractivity contribution is 6.25. The third kappa shape index (κ3) is 18.4. The van der Waals surface area contributed by atoms with Gasteiger partial charge in [-0.15, -0.1) is 5.10 Å². The number of carboxylic acids is 1. The van der Waals surface area contributed by atoms with Gasteiger partial charge in [-0.3, -0.25) is 39.0 Å². The van der Waals surface area contributed by atoms with E-state index in [9.17, 15) is 48.5 Å². The molecule has 2 aromatic heterocycles. The van der Waals surface area contributed by atoms with Crippen molar-refractivity contribution in [2.24, 2.45) is 0 Å². The third-order valence-corrected chi connectivity index (χ3v) is 14.7. The highest BCUT2D eigenvalue weighted by Crippen LogP contribution is 2.44. The van der Waals surface area contributed by atoms with Crippen LogP contribution in [0.4, 0.5) is 15.8 Å². The molecule has 0 bridgehead atoms. The predicted octanol–water partition coefficient (Wildman–Crippen LogP) is 6.90. The molecule has 3 atom stereocenters. The third-order valence-electron chi connectivity index (χ3n) is 14.7. The highest BCUT2D eigenvalue weighted by atomic mass is 19.1. The van der Waals surface area contributed by atoms with Crippen LogP contribution in [0.25, 0.3) is 22.4 Å². The summed E-state index contributed by atoms with van der Waals surface area (Å²) in [6, 6.07) is 26.4. The van der Waals surface area contributed by atoms with Crippen LogP contribution in [0.2, 0.25) is 0 Å². The molecular weight excluding hydrogens is 1140 g/mol. The zero-order valence-electron chi connectivity index (χ0n) is 49.5. The number of ether oxygens (including phenoxy) is 6. The first-order valence-electron chi connectivity index (χ1n) is 29.7. The minimum atomic E-state index is -1.25. The van der Waals surface area contributed by atoms with Gasteiger partial charge in [0, 0.05) is 48.3 Å². The smallest absolute Gasteiger partial charge is 0.305 e. The molecule has 1 unspecified atom stereocenters. The molecule has 0 aliphatic carbocycles. The van der Waals surface area contributed by atoms with E-state index in [1.165, 1.54) is 12.1 Å². The van der Waals surface area contributed by atoms with Crippen molar-refractivity contribution < 1.29 is 76.9 Å². The Kier molecular flexibility index (Phi) is 24.8. The summed E-state index contributed by atoms with van der Waals surface area (Å²) in [5, 5.41) is 47.6. The first kappa shape index (κ1) is 65.7. The first-order chi connectivity index (χ1) is 42.7. The summed E-state index contributed by atoms with van der Waals surface area (Å²) in [6.45, 7) is 9.21. The van der Waals surface area contributed by atoms with E-state index in [2.05, 4.69) is 26.3 Å². The zero-order valence-corrected chi connectivity index (χ0v) is 49.5. The predicted molar refractivity (Wildman–Crippen MR) is 321 cm³/mol. The Hall–Kier alpha value is -8.23. The lowest BCUT2D eigenvalue weighted by molar-refractivity contribution is -0.140. The Morgan fingerprint density at radius 2 is 1.42 bits per heavy atom. The molecule has 2 aliphatic heterocycles. The number of amides is 5. The maximum Gasteiger partial charge on any atom is 0.305 e. The fourth-order valence-electron chi connectivity index (χ4n) is 10.6. The summed E-state index contributed by atoms with van der Waals surface area (Å²) >= 11 is 0. The van der Waals surface area contributed by atoms with Crippen LogP contribution in [-0.2, 0) is 57.6 Å². The Morgan fingerprint density at radius 1 is 0.739 bits per heavy atom. The van der Waals surface area contributed by atoms with E-state index in [-0.39, 0.29) is 55.2 Å². The van der Waals surface area contributed by atoms with E-state index in [1.54, 1.807) is 47.1 Å². The number of aliphatic hydroxyl groups excluding tert-OH is 2. The lowest BCUT2D eigenvalue weighted by Gasteiger charge is -2.27. The van der Waals surface area contributed by atoms with Gasteiger partial charge in [-0.1, -0.05) is 55.5 Å². The minimum Gasteiger partial charge on any atom is -0.494 e. The molecule has 24 heteroatoms. The molecule has 88 heavy (non-hydrogen) atoms. The van der Waals surface area contributed by atoms with Crippen molar-refractivity contribution in [1.82, 2.24) is 29.8 Å². The Labute approximate surface area is 509 Å². The molecule has 6 N–H and O–H groups in total. The number of nitrogens with one attached hydrogen (secondary N) is 3. The molecule has 2 aliphatic rings.